The van der Waals surface area contributed by atoms with Gasteiger partial charge in [0.1, 0.15) is 5.25 Å². The summed E-state index contributed by atoms with van der Waals surface area (Å²) < 4.78 is 30.7. The highest BCUT2D eigenvalue weighted by atomic mass is 35.5. The van der Waals surface area contributed by atoms with Crippen LogP contribution in [0.25, 0.3) is 0 Å². The lowest BCUT2D eigenvalue weighted by Gasteiger charge is -2.13. The van der Waals surface area contributed by atoms with Crippen LogP contribution < -0.4 is 5.73 Å². The topological polar surface area (TPSA) is 121 Å². The Kier molecular flexibility index (Phi) is 8.41. The van der Waals surface area contributed by atoms with Crippen LogP contribution in [0.1, 0.15) is 32.6 Å². The summed E-state index contributed by atoms with van der Waals surface area (Å²) in [6.45, 7) is 1.80. The minimum absolute atomic E-state index is 0. The lowest BCUT2D eigenvalue weighted by atomic mass is 10.1. The third-order valence-corrected chi connectivity index (χ3v) is 3.16. The van der Waals surface area contributed by atoms with Gasteiger partial charge in [-0.25, -0.2) is 0 Å². The van der Waals surface area contributed by atoms with Gasteiger partial charge in [-0.3, -0.25) is 9.35 Å². The van der Waals surface area contributed by atoms with Gasteiger partial charge in [0.05, 0.1) is 0 Å². The maximum absolute atomic E-state index is 10.9. The molecule has 0 aromatic carbocycles. The van der Waals surface area contributed by atoms with Crippen LogP contribution >= 0.6 is 12.4 Å². The molecule has 0 radical (unpaired) electrons. The van der Waals surface area contributed by atoms with Gasteiger partial charge in [0, 0.05) is 12.1 Å². The second-order valence-corrected chi connectivity index (χ2v) is 4.88. The Hall–Kier alpha value is -0.660. The van der Waals surface area contributed by atoms with E-state index in [1.165, 1.54) is 0 Å². The number of primary amides is 1. The van der Waals surface area contributed by atoms with Gasteiger partial charge in [-0.2, -0.15) is 8.42 Å². The molecule has 0 aromatic heterocycles. The summed E-state index contributed by atoms with van der Waals surface area (Å²) in [5.74, 6) is -0.645. The molecule has 6 nitrogen and oxygen atoms in total. The molecular formula is C8H17ClN2O4S. The Morgan fingerprint density at radius 2 is 1.94 bits per heavy atom. The van der Waals surface area contributed by atoms with Gasteiger partial charge in [-0.15, -0.1) is 12.4 Å². The summed E-state index contributed by atoms with van der Waals surface area (Å²) in [6.07, 6.45) is 0.605. The third kappa shape index (κ3) is 6.76. The van der Waals surface area contributed by atoms with E-state index in [0.717, 1.165) is 0 Å². The molecule has 1 atom stereocenters. The highest BCUT2D eigenvalue weighted by Gasteiger charge is 2.27. The number of carbonyl (C=O) groups is 1. The van der Waals surface area contributed by atoms with Crippen LogP contribution in [0.15, 0.2) is 0 Å². The Balaban J connectivity index is 0. The van der Waals surface area contributed by atoms with Gasteiger partial charge < -0.3 is 11.1 Å². The maximum atomic E-state index is 10.9. The van der Waals surface area contributed by atoms with Crippen LogP contribution in [-0.4, -0.2) is 29.8 Å². The Morgan fingerprint density at radius 3 is 2.25 bits per heavy atom. The van der Waals surface area contributed by atoms with Crippen molar-refractivity contribution in [2.24, 2.45) is 5.73 Å². The zero-order chi connectivity index (χ0) is 12.1. The number of hydrogen-bond acceptors (Lipinski definition) is 4. The van der Waals surface area contributed by atoms with Crippen molar-refractivity contribution in [2.45, 2.75) is 37.9 Å². The number of halogens is 1. The van der Waals surface area contributed by atoms with Gasteiger partial charge in [0.15, 0.2) is 0 Å². The highest BCUT2D eigenvalue weighted by molar-refractivity contribution is 7.87. The van der Waals surface area contributed by atoms with Crippen LogP contribution in [0.4, 0.5) is 0 Å². The highest BCUT2D eigenvalue weighted by Crippen LogP contribution is 2.11. The fourth-order valence-electron chi connectivity index (χ4n) is 1.21. The molecule has 1 unspecified atom stereocenters. The van der Waals surface area contributed by atoms with E-state index < -0.39 is 21.3 Å². The normalized spacial score (nSPS) is 12.6. The smallest absolute Gasteiger partial charge is 0.273 e. The van der Waals surface area contributed by atoms with Gasteiger partial charge in [0.25, 0.3) is 10.1 Å². The fraction of sp³-hybridized carbons (Fsp3) is 0.750. The van der Waals surface area contributed by atoms with Crippen molar-refractivity contribution in [3.63, 3.8) is 0 Å². The molecule has 0 aliphatic rings. The summed E-state index contributed by atoms with van der Waals surface area (Å²) >= 11 is 0. The molecule has 0 heterocycles. The monoisotopic (exact) mass is 272 g/mol. The van der Waals surface area contributed by atoms with Crippen molar-refractivity contribution in [2.75, 3.05) is 0 Å². The molecule has 16 heavy (non-hydrogen) atoms. The first-order valence-corrected chi connectivity index (χ1v) is 6.11. The van der Waals surface area contributed by atoms with E-state index >= 15 is 0 Å². The first-order chi connectivity index (χ1) is 6.79. The predicted molar refractivity (Wildman–Crippen MR) is 63.6 cm³/mol. The molecular weight excluding hydrogens is 256 g/mol. The zero-order valence-corrected chi connectivity index (χ0v) is 10.6. The molecule has 4 N–H and O–H groups in total. The van der Waals surface area contributed by atoms with Crippen LogP contribution in [0.2, 0.25) is 0 Å². The molecule has 0 rings (SSSR count). The molecule has 8 heteroatoms. The van der Waals surface area contributed by atoms with Crippen LogP contribution in [-0.2, 0) is 14.9 Å². The van der Waals surface area contributed by atoms with Crippen molar-refractivity contribution >= 4 is 34.1 Å². The lowest BCUT2D eigenvalue weighted by Crippen LogP contribution is -2.30. The number of hydrogen-bond donors (Lipinski definition) is 3. The molecule has 0 fully saturated rings. The molecule has 0 spiro atoms. The minimum Gasteiger partial charge on any atom is -0.370 e. The number of rotatable bonds is 7. The average Bonchev–Trinajstić information content (AvgIpc) is 2.01. The molecule has 0 aliphatic heterocycles. The quantitative estimate of drug-likeness (QED) is 0.467. The third-order valence-electron chi connectivity index (χ3n) is 1.92. The van der Waals surface area contributed by atoms with Crippen LogP contribution in [0.3, 0.4) is 0 Å². The van der Waals surface area contributed by atoms with Gasteiger partial charge in [-0.05, 0) is 12.8 Å². The van der Waals surface area contributed by atoms with Gasteiger partial charge >= 0.3 is 0 Å². The van der Waals surface area contributed by atoms with E-state index in [0.29, 0.717) is 6.42 Å². The van der Waals surface area contributed by atoms with Crippen molar-refractivity contribution in [3.8, 4) is 0 Å². The van der Waals surface area contributed by atoms with E-state index in [-0.39, 0.29) is 37.4 Å². The Morgan fingerprint density at radius 1 is 1.44 bits per heavy atom. The van der Waals surface area contributed by atoms with Crippen molar-refractivity contribution in [3.05, 3.63) is 0 Å². The van der Waals surface area contributed by atoms with Crippen LogP contribution in [0, 0.1) is 5.41 Å². The molecule has 96 valence electrons. The van der Waals surface area contributed by atoms with Gasteiger partial charge in [-0.1, -0.05) is 13.3 Å². The second-order valence-electron chi connectivity index (χ2n) is 3.28. The second kappa shape index (κ2) is 7.59. The Bertz CT molecular complexity index is 342. The molecule has 0 aromatic rings. The summed E-state index contributed by atoms with van der Waals surface area (Å²) in [4.78, 5) is 10.5. The number of nitrogens with two attached hydrogens (primary N) is 1. The minimum atomic E-state index is -4.31. The molecule has 0 aliphatic carbocycles. The molecule has 0 saturated heterocycles. The summed E-state index contributed by atoms with van der Waals surface area (Å²) in [6, 6.07) is 0. The number of carbonyl (C=O) groups excluding carboxylic acids is 1. The summed E-state index contributed by atoms with van der Waals surface area (Å²) in [7, 11) is -4.31. The summed E-state index contributed by atoms with van der Waals surface area (Å²) in [5, 5.41) is 6.15. The maximum Gasteiger partial charge on any atom is 0.273 e. The molecule has 1 amide bonds. The molecule has 0 bridgehead atoms. The molecule has 0 saturated carbocycles. The average molecular weight is 273 g/mol. The lowest BCUT2D eigenvalue weighted by molar-refractivity contribution is -0.118. The fourth-order valence-corrected chi connectivity index (χ4v) is 2.10. The van der Waals surface area contributed by atoms with E-state index in [9.17, 15) is 13.2 Å². The summed E-state index contributed by atoms with van der Waals surface area (Å²) in [5.41, 5.74) is 4.79. The van der Waals surface area contributed by atoms with Gasteiger partial charge in [0.2, 0.25) is 5.91 Å². The first-order valence-electron chi connectivity index (χ1n) is 4.61. The zero-order valence-electron chi connectivity index (χ0n) is 8.97. The first kappa shape index (κ1) is 17.7. The number of amides is 1. The largest absolute Gasteiger partial charge is 0.370 e. The van der Waals surface area contributed by atoms with E-state index in [1.807, 2.05) is 0 Å². The van der Waals surface area contributed by atoms with Crippen molar-refractivity contribution in [1.82, 2.24) is 0 Å². The van der Waals surface area contributed by atoms with E-state index in [1.54, 1.807) is 6.92 Å². The SMILES string of the molecule is CCCC(=N)C(CCC(N)=O)S(=O)(=O)O.Cl. The van der Waals surface area contributed by atoms with Crippen molar-refractivity contribution in [1.29, 1.82) is 5.41 Å². The Labute approximate surface area is 101 Å². The predicted octanol–water partition coefficient (Wildman–Crippen LogP) is 0.750. The van der Waals surface area contributed by atoms with Crippen LogP contribution in [0.5, 0.6) is 0 Å². The van der Waals surface area contributed by atoms with E-state index in [2.05, 4.69) is 0 Å². The standard InChI is InChI=1S/C8H16N2O4S.ClH/c1-2-3-6(9)7(15(12,13)14)4-5-8(10)11;/h7,9H,2-5H2,1H3,(H2,10,11)(H,12,13,14);1H. The number of nitrogens with one attached hydrogen (secondary N) is 1. The van der Waals surface area contributed by atoms with Crippen molar-refractivity contribution < 1.29 is 17.8 Å². The van der Waals surface area contributed by atoms with E-state index in [4.69, 9.17) is 15.7 Å².